The first-order valence-corrected chi connectivity index (χ1v) is 11.9. The maximum absolute atomic E-state index is 13.2. The van der Waals surface area contributed by atoms with Gasteiger partial charge in [0.15, 0.2) is 11.5 Å². The molecule has 2 aliphatic heterocycles. The van der Waals surface area contributed by atoms with Gasteiger partial charge in [0.2, 0.25) is 5.91 Å². The normalized spacial score (nSPS) is 19.1. The van der Waals surface area contributed by atoms with Gasteiger partial charge in [0.05, 0.1) is 22.2 Å². The van der Waals surface area contributed by atoms with Gasteiger partial charge >= 0.3 is 0 Å². The van der Waals surface area contributed by atoms with Crippen molar-refractivity contribution >= 4 is 33.4 Å². The number of carbonyl (C=O) groups excluding carboxylic acids is 2. The Kier molecular flexibility index (Phi) is 5.55. The molecule has 0 aliphatic carbocycles. The van der Waals surface area contributed by atoms with Crippen molar-refractivity contribution in [1.29, 1.82) is 0 Å². The summed E-state index contributed by atoms with van der Waals surface area (Å²) in [4.78, 5) is 28.0. The van der Waals surface area contributed by atoms with Crippen molar-refractivity contribution in [2.24, 2.45) is 13.0 Å². The maximum Gasteiger partial charge on any atom is 0.270 e. The Morgan fingerprint density at radius 1 is 1.16 bits per heavy atom. The van der Waals surface area contributed by atoms with E-state index in [1.54, 1.807) is 11.3 Å². The topological polar surface area (TPSA) is 72.8 Å². The fourth-order valence-corrected chi connectivity index (χ4v) is 5.39. The van der Waals surface area contributed by atoms with Crippen molar-refractivity contribution in [2.45, 2.75) is 25.8 Å². The molecule has 0 bridgehead atoms. The first-order chi connectivity index (χ1) is 15.5. The molecule has 5 rings (SSSR count). The van der Waals surface area contributed by atoms with Crippen LogP contribution in [0.2, 0.25) is 0 Å². The molecule has 0 radical (unpaired) electrons. The number of aryl methyl sites for hydroxylation is 1. The van der Waals surface area contributed by atoms with E-state index < -0.39 is 0 Å². The van der Waals surface area contributed by atoms with E-state index in [1.165, 1.54) is 0 Å². The molecule has 2 aromatic heterocycles. The molecule has 168 valence electrons. The lowest BCUT2D eigenvalue weighted by Crippen LogP contribution is -2.46. The monoisotopic (exact) mass is 453 g/mol. The summed E-state index contributed by atoms with van der Waals surface area (Å²) in [6.45, 7) is 4.17. The zero-order valence-electron chi connectivity index (χ0n) is 18.3. The Morgan fingerprint density at radius 3 is 2.78 bits per heavy atom. The van der Waals surface area contributed by atoms with Crippen LogP contribution in [0.3, 0.4) is 0 Å². The molecule has 0 saturated carbocycles. The minimum absolute atomic E-state index is 0.00622. The predicted octanol–water partition coefficient (Wildman–Crippen LogP) is 3.74. The number of likely N-dealkylation sites (tertiary alicyclic amines) is 1. The fraction of sp³-hybridized carbons (Fsp3) is 0.417. The quantitative estimate of drug-likeness (QED) is 0.653. The van der Waals surface area contributed by atoms with Crippen LogP contribution >= 0.6 is 11.3 Å². The van der Waals surface area contributed by atoms with Gasteiger partial charge in [-0.2, -0.15) is 0 Å². The summed E-state index contributed by atoms with van der Waals surface area (Å²) in [5, 5.41) is 5.15. The highest BCUT2D eigenvalue weighted by molar-refractivity contribution is 7.17. The molecule has 1 fully saturated rings. The number of aromatic nitrogens is 1. The van der Waals surface area contributed by atoms with Gasteiger partial charge in [-0.3, -0.25) is 9.59 Å². The van der Waals surface area contributed by atoms with E-state index in [1.807, 2.05) is 59.2 Å². The van der Waals surface area contributed by atoms with Crippen LogP contribution in [0.4, 0.5) is 0 Å². The number of carbonyl (C=O) groups is 2. The van der Waals surface area contributed by atoms with Gasteiger partial charge in [0.1, 0.15) is 18.9 Å². The number of rotatable bonds is 4. The van der Waals surface area contributed by atoms with Crippen molar-refractivity contribution in [2.75, 3.05) is 26.3 Å². The van der Waals surface area contributed by atoms with Crippen LogP contribution in [0.25, 0.3) is 10.2 Å². The molecular formula is C24H27N3O4S. The Hall–Kier alpha value is -3.00. The number of nitrogens with zero attached hydrogens (tertiary/aromatic N) is 2. The minimum Gasteiger partial charge on any atom is -0.486 e. The van der Waals surface area contributed by atoms with Gasteiger partial charge in [-0.1, -0.05) is 6.07 Å². The molecule has 2 amide bonds. The summed E-state index contributed by atoms with van der Waals surface area (Å²) in [6.07, 6.45) is 1.60. The Labute approximate surface area is 190 Å². The van der Waals surface area contributed by atoms with Crippen LogP contribution in [-0.2, 0) is 11.8 Å². The van der Waals surface area contributed by atoms with Crippen LogP contribution in [-0.4, -0.2) is 47.6 Å². The summed E-state index contributed by atoms with van der Waals surface area (Å²) < 4.78 is 14.3. The minimum atomic E-state index is -0.214. The maximum atomic E-state index is 13.2. The summed E-state index contributed by atoms with van der Waals surface area (Å²) in [6, 6.07) is 9.59. The second-order valence-corrected chi connectivity index (χ2v) is 9.43. The molecule has 3 aromatic rings. The van der Waals surface area contributed by atoms with E-state index in [0.717, 1.165) is 34.4 Å². The number of benzene rings is 1. The summed E-state index contributed by atoms with van der Waals surface area (Å²) in [5.41, 5.74) is 2.71. The van der Waals surface area contributed by atoms with Crippen LogP contribution < -0.4 is 14.8 Å². The fourth-order valence-electron chi connectivity index (χ4n) is 4.54. The Balaban J connectivity index is 1.25. The molecule has 0 unspecified atom stereocenters. The second kappa shape index (κ2) is 8.50. The van der Waals surface area contributed by atoms with Crippen LogP contribution in [0, 0.1) is 5.92 Å². The van der Waals surface area contributed by atoms with Crippen LogP contribution in [0.5, 0.6) is 11.5 Å². The third kappa shape index (κ3) is 3.83. The van der Waals surface area contributed by atoms with Gasteiger partial charge in [0, 0.05) is 20.1 Å². The molecule has 1 saturated heterocycles. The van der Waals surface area contributed by atoms with Gasteiger partial charge in [-0.15, -0.1) is 11.3 Å². The highest BCUT2D eigenvalue weighted by Gasteiger charge is 2.31. The van der Waals surface area contributed by atoms with Gasteiger partial charge in [-0.25, -0.2) is 0 Å². The van der Waals surface area contributed by atoms with Crippen LogP contribution in [0.1, 0.15) is 41.9 Å². The van der Waals surface area contributed by atoms with E-state index in [2.05, 4.69) is 5.32 Å². The van der Waals surface area contributed by atoms with Crippen LogP contribution in [0.15, 0.2) is 35.7 Å². The molecule has 32 heavy (non-hydrogen) atoms. The Morgan fingerprint density at radius 2 is 1.97 bits per heavy atom. The molecular weight excluding hydrogens is 426 g/mol. The number of ether oxygens (including phenoxy) is 2. The van der Waals surface area contributed by atoms with E-state index in [-0.39, 0.29) is 23.8 Å². The zero-order chi connectivity index (χ0) is 22.2. The number of hydrogen-bond acceptors (Lipinski definition) is 5. The summed E-state index contributed by atoms with van der Waals surface area (Å²) >= 11 is 1.63. The van der Waals surface area contributed by atoms with Crippen molar-refractivity contribution in [3.05, 3.63) is 47.0 Å². The predicted molar refractivity (Wildman–Crippen MR) is 123 cm³/mol. The van der Waals surface area contributed by atoms with Crippen molar-refractivity contribution in [3.8, 4) is 11.5 Å². The van der Waals surface area contributed by atoms with E-state index in [0.29, 0.717) is 37.7 Å². The van der Waals surface area contributed by atoms with Crippen molar-refractivity contribution in [3.63, 3.8) is 0 Å². The number of thiophene rings is 1. The summed E-state index contributed by atoms with van der Waals surface area (Å²) in [5.74, 6) is 1.21. The molecule has 8 heteroatoms. The lowest BCUT2D eigenvalue weighted by molar-refractivity contribution is -0.127. The van der Waals surface area contributed by atoms with E-state index in [4.69, 9.17) is 9.47 Å². The zero-order valence-corrected chi connectivity index (χ0v) is 19.1. The molecule has 2 aliphatic rings. The van der Waals surface area contributed by atoms with Crippen molar-refractivity contribution < 1.29 is 19.1 Å². The highest BCUT2D eigenvalue weighted by atomic mass is 32.1. The SMILES string of the molecule is C[C@H](NC(=O)[C@H]1CCCN(C(=O)c2cc3sccc3n2C)C1)c1ccc2c(c1)OCCO2. The average Bonchev–Trinajstić information content (AvgIpc) is 3.41. The Bertz CT molecular complexity index is 1170. The lowest BCUT2D eigenvalue weighted by Gasteiger charge is -2.33. The van der Waals surface area contributed by atoms with E-state index in [9.17, 15) is 9.59 Å². The highest BCUT2D eigenvalue weighted by Crippen LogP contribution is 2.33. The molecule has 2 atom stereocenters. The molecule has 1 aromatic carbocycles. The number of hydrogen-bond donors (Lipinski definition) is 1. The van der Waals surface area contributed by atoms with E-state index >= 15 is 0 Å². The standard InChI is InChI=1S/C24H27N3O4S/c1-15(16-5-6-20-21(12-16)31-10-9-30-20)25-23(28)17-4-3-8-27(14-17)24(29)19-13-22-18(26(19)2)7-11-32-22/h5-7,11-13,15,17H,3-4,8-10,14H2,1-2H3,(H,25,28)/t15-,17-/m0/s1. The number of fused-ring (bicyclic) bond motifs is 2. The molecule has 7 nitrogen and oxygen atoms in total. The third-order valence-electron chi connectivity index (χ3n) is 6.39. The number of piperidine rings is 1. The van der Waals surface area contributed by atoms with Gasteiger partial charge < -0.3 is 24.3 Å². The molecule has 4 heterocycles. The number of amides is 2. The van der Waals surface area contributed by atoms with Gasteiger partial charge in [-0.05, 0) is 55.0 Å². The lowest BCUT2D eigenvalue weighted by atomic mass is 9.96. The first-order valence-electron chi connectivity index (χ1n) is 11.0. The largest absolute Gasteiger partial charge is 0.486 e. The smallest absolute Gasteiger partial charge is 0.270 e. The average molecular weight is 454 g/mol. The van der Waals surface area contributed by atoms with Gasteiger partial charge in [0.25, 0.3) is 5.91 Å². The number of nitrogens with one attached hydrogen (secondary N) is 1. The second-order valence-electron chi connectivity index (χ2n) is 8.48. The van der Waals surface area contributed by atoms with Crippen molar-refractivity contribution in [1.82, 2.24) is 14.8 Å². The molecule has 1 N–H and O–H groups in total. The molecule has 0 spiro atoms. The third-order valence-corrected chi connectivity index (χ3v) is 7.24. The first kappa shape index (κ1) is 20.9. The summed E-state index contributed by atoms with van der Waals surface area (Å²) in [7, 11) is 1.92.